The van der Waals surface area contributed by atoms with Crippen LogP contribution in [0.25, 0.3) is 11.1 Å². The molecule has 0 aliphatic rings. The average molecular weight is 344 g/mol. The molecule has 0 aliphatic carbocycles. The van der Waals surface area contributed by atoms with E-state index in [4.69, 9.17) is 26.1 Å². The predicted octanol–water partition coefficient (Wildman–Crippen LogP) is 3.66. The van der Waals surface area contributed by atoms with Crippen molar-refractivity contribution in [2.45, 2.75) is 6.42 Å². The van der Waals surface area contributed by atoms with E-state index in [1.165, 1.54) is 18.2 Å². The number of benzene rings is 2. The van der Waals surface area contributed by atoms with Gasteiger partial charge in [0, 0.05) is 24.7 Å². The number of nitro benzene ring substituents is 1. The predicted molar refractivity (Wildman–Crippen MR) is 90.0 cm³/mol. The fourth-order valence-electron chi connectivity index (χ4n) is 2.05. The maximum Gasteiger partial charge on any atom is 0.403 e. The maximum absolute atomic E-state index is 10.7. The van der Waals surface area contributed by atoms with Crippen LogP contribution in [0.3, 0.4) is 0 Å². The van der Waals surface area contributed by atoms with Gasteiger partial charge in [-0.05, 0) is 11.6 Å². The number of thiocarbonyl (C=S) groups is 1. The number of hydrogen-bond donors (Lipinski definition) is 0. The number of ether oxygens (including phenoxy) is 2. The van der Waals surface area contributed by atoms with E-state index in [0.29, 0.717) is 18.5 Å². The third-order valence-electron chi connectivity index (χ3n) is 3.19. The first kappa shape index (κ1) is 15.9. The van der Waals surface area contributed by atoms with E-state index in [1.807, 2.05) is 30.3 Å². The quantitative estimate of drug-likeness (QED) is 0.396. The zero-order valence-electron chi connectivity index (χ0n) is 12.4. The van der Waals surface area contributed by atoms with Crippen LogP contribution in [0.4, 0.5) is 5.69 Å². The lowest BCUT2D eigenvalue weighted by Gasteiger charge is -2.05. The summed E-state index contributed by atoms with van der Waals surface area (Å²) in [7, 11) is 0. The van der Waals surface area contributed by atoms with Gasteiger partial charge in [0.05, 0.1) is 17.6 Å². The first-order valence-corrected chi connectivity index (χ1v) is 7.46. The third kappa shape index (κ3) is 3.85. The highest BCUT2D eigenvalue weighted by Crippen LogP contribution is 2.24. The Balaban J connectivity index is 1.58. The van der Waals surface area contributed by atoms with Gasteiger partial charge in [-0.25, -0.2) is 0 Å². The van der Waals surface area contributed by atoms with Gasteiger partial charge in [0.15, 0.2) is 5.58 Å². The molecule has 0 atom stereocenters. The zero-order chi connectivity index (χ0) is 16.9. The lowest BCUT2D eigenvalue weighted by Crippen LogP contribution is -2.12. The molecule has 2 aromatic carbocycles. The van der Waals surface area contributed by atoms with E-state index in [-0.39, 0.29) is 22.6 Å². The highest BCUT2D eigenvalue weighted by atomic mass is 32.1. The second kappa shape index (κ2) is 7.05. The van der Waals surface area contributed by atoms with E-state index in [1.54, 1.807) is 0 Å². The smallest absolute Gasteiger partial charge is 0.403 e. The van der Waals surface area contributed by atoms with Crippen LogP contribution >= 0.6 is 12.2 Å². The molecule has 0 spiro atoms. The molecule has 0 aliphatic heterocycles. The Morgan fingerprint density at radius 3 is 2.79 bits per heavy atom. The molecule has 1 heterocycles. The number of fused-ring (bicyclic) bond motifs is 1. The Labute approximate surface area is 142 Å². The molecule has 0 saturated carbocycles. The van der Waals surface area contributed by atoms with Gasteiger partial charge in [-0.2, -0.15) is 4.98 Å². The van der Waals surface area contributed by atoms with Crippen LogP contribution in [0.5, 0.6) is 6.08 Å². The lowest BCUT2D eigenvalue weighted by molar-refractivity contribution is -0.384. The lowest BCUT2D eigenvalue weighted by atomic mass is 10.2. The van der Waals surface area contributed by atoms with Crippen LogP contribution < -0.4 is 4.74 Å². The molecular weight excluding hydrogens is 332 g/mol. The number of rotatable bonds is 5. The van der Waals surface area contributed by atoms with Crippen molar-refractivity contribution in [2.75, 3.05) is 6.61 Å². The van der Waals surface area contributed by atoms with Crippen LogP contribution in [0.2, 0.25) is 0 Å². The molecule has 8 heteroatoms. The molecule has 0 amide bonds. The Bertz CT molecular complexity index is 879. The van der Waals surface area contributed by atoms with Crippen LogP contribution in [-0.2, 0) is 11.2 Å². The number of hydrogen-bond acceptors (Lipinski definition) is 7. The first-order chi connectivity index (χ1) is 11.6. The monoisotopic (exact) mass is 344 g/mol. The summed E-state index contributed by atoms with van der Waals surface area (Å²) in [5, 5.41) is 10.6. The second-order valence-electron chi connectivity index (χ2n) is 4.83. The normalized spacial score (nSPS) is 10.5. The minimum absolute atomic E-state index is 0.0908. The summed E-state index contributed by atoms with van der Waals surface area (Å²) in [5.41, 5.74) is 1.70. The van der Waals surface area contributed by atoms with Crippen LogP contribution in [0.1, 0.15) is 5.56 Å². The van der Waals surface area contributed by atoms with Gasteiger partial charge in [0.25, 0.3) is 5.69 Å². The molecule has 0 bridgehead atoms. The van der Waals surface area contributed by atoms with E-state index < -0.39 is 4.92 Å². The summed E-state index contributed by atoms with van der Waals surface area (Å²) in [6, 6.07) is 13.9. The SMILES string of the molecule is O=[N+]([O-])c1ccc2nc(OC(=S)OCCc3ccccc3)oc2c1. The molecule has 0 fully saturated rings. The van der Waals surface area contributed by atoms with Crippen molar-refractivity contribution in [1.29, 1.82) is 0 Å². The van der Waals surface area contributed by atoms with E-state index in [0.717, 1.165) is 5.56 Å². The van der Waals surface area contributed by atoms with Crippen LogP contribution in [0.15, 0.2) is 52.9 Å². The largest absolute Gasteiger partial charge is 0.456 e. The van der Waals surface area contributed by atoms with Crippen molar-refractivity contribution < 1.29 is 18.8 Å². The van der Waals surface area contributed by atoms with Gasteiger partial charge >= 0.3 is 11.3 Å². The van der Waals surface area contributed by atoms with Crippen molar-refractivity contribution in [2.24, 2.45) is 0 Å². The van der Waals surface area contributed by atoms with E-state index in [2.05, 4.69) is 4.98 Å². The van der Waals surface area contributed by atoms with Gasteiger partial charge < -0.3 is 13.9 Å². The molecule has 3 aromatic rings. The molecule has 1 aromatic heterocycles. The van der Waals surface area contributed by atoms with Crippen molar-refractivity contribution in [3.63, 3.8) is 0 Å². The summed E-state index contributed by atoms with van der Waals surface area (Å²) >= 11 is 4.97. The van der Waals surface area contributed by atoms with Crippen molar-refractivity contribution in [3.8, 4) is 6.08 Å². The molecule has 0 N–H and O–H groups in total. The highest BCUT2D eigenvalue weighted by Gasteiger charge is 2.14. The molecule has 7 nitrogen and oxygen atoms in total. The summed E-state index contributed by atoms with van der Waals surface area (Å²) < 4.78 is 15.8. The second-order valence-corrected chi connectivity index (χ2v) is 5.16. The highest BCUT2D eigenvalue weighted by molar-refractivity contribution is 7.79. The number of oxazole rings is 1. The minimum Gasteiger partial charge on any atom is -0.456 e. The third-order valence-corrected chi connectivity index (χ3v) is 3.39. The maximum atomic E-state index is 10.7. The Hall–Kier alpha value is -3.00. The summed E-state index contributed by atoms with van der Waals surface area (Å²) in [6.07, 6.45) is 0.569. The molecule has 3 rings (SSSR count). The summed E-state index contributed by atoms with van der Waals surface area (Å²) in [4.78, 5) is 14.3. The molecule has 122 valence electrons. The van der Waals surface area contributed by atoms with Crippen LogP contribution in [-0.4, -0.2) is 21.8 Å². The fraction of sp³-hybridized carbons (Fsp3) is 0.125. The number of aromatic nitrogens is 1. The Morgan fingerprint density at radius 2 is 2.04 bits per heavy atom. The van der Waals surface area contributed by atoms with Crippen molar-refractivity contribution >= 4 is 34.2 Å². The Kier molecular flexibility index (Phi) is 4.66. The van der Waals surface area contributed by atoms with E-state index >= 15 is 0 Å². The van der Waals surface area contributed by atoms with Crippen molar-refractivity contribution in [1.82, 2.24) is 4.98 Å². The molecule has 24 heavy (non-hydrogen) atoms. The molecule has 0 saturated heterocycles. The van der Waals surface area contributed by atoms with Crippen LogP contribution in [0, 0.1) is 10.1 Å². The minimum atomic E-state index is -0.514. The summed E-state index contributed by atoms with van der Waals surface area (Å²) in [5.74, 6) is 0. The van der Waals surface area contributed by atoms with Gasteiger partial charge in [-0.1, -0.05) is 30.3 Å². The summed E-state index contributed by atoms with van der Waals surface area (Å²) in [6.45, 7) is 0.356. The number of nitro groups is 1. The number of nitrogens with zero attached hydrogens (tertiary/aromatic N) is 2. The molecular formula is C16H12N2O5S. The van der Waals surface area contributed by atoms with Crippen molar-refractivity contribution in [3.05, 3.63) is 64.2 Å². The average Bonchev–Trinajstić information content (AvgIpc) is 2.96. The number of non-ortho nitro benzene ring substituents is 1. The van der Waals surface area contributed by atoms with E-state index in [9.17, 15) is 10.1 Å². The topological polar surface area (TPSA) is 87.6 Å². The van der Waals surface area contributed by atoms with Gasteiger partial charge in [-0.15, -0.1) is 0 Å². The molecule has 0 radical (unpaired) electrons. The molecule has 0 unspecified atom stereocenters. The van der Waals surface area contributed by atoms with Gasteiger partial charge in [0.1, 0.15) is 5.52 Å². The van der Waals surface area contributed by atoms with Gasteiger partial charge in [-0.3, -0.25) is 10.1 Å². The van der Waals surface area contributed by atoms with Gasteiger partial charge in [0.2, 0.25) is 0 Å². The first-order valence-electron chi connectivity index (χ1n) is 7.05. The Morgan fingerprint density at radius 1 is 1.25 bits per heavy atom. The standard InChI is InChI=1S/C16H12N2O5S/c19-18(20)12-6-7-13-14(10-12)22-15(17-13)23-16(24)21-9-8-11-4-2-1-3-5-11/h1-7,10H,8-9H2. The zero-order valence-corrected chi connectivity index (χ0v) is 13.2. The fourth-order valence-corrected chi connectivity index (χ4v) is 2.20.